The zero-order valence-corrected chi connectivity index (χ0v) is 12.7. The standard InChI is InChI=1S/C18H17NO4/c1-12(23-18(22)14-7-3-5-9-16(14)20)17(21)19-11-10-13-6-2-4-8-15(13)19/h2-9,12,20H,10-11H2,1H3. The smallest absolute Gasteiger partial charge is 0.342 e. The molecule has 0 saturated heterocycles. The third-order valence-electron chi connectivity index (χ3n) is 3.91. The largest absolute Gasteiger partial charge is 0.507 e. The van der Waals surface area contributed by atoms with E-state index in [2.05, 4.69) is 0 Å². The Kier molecular flexibility index (Phi) is 4.02. The van der Waals surface area contributed by atoms with Crippen molar-refractivity contribution in [2.24, 2.45) is 0 Å². The molecule has 1 aliphatic heterocycles. The fraction of sp³-hybridized carbons (Fsp3) is 0.222. The van der Waals surface area contributed by atoms with E-state index >= 15 is 0 Å². The number of carbonyl (C=O) groups excluding carboxylic acids is 2. The van der Waals surface area contributed by atoms with Crippen LogP contribution in [0.5, 0.6) is 5.75 Å². The van der Waals surface area contributed by atoms with Gasteiger partial charge in [-0.3, -0.25) is 4.79 Å². The van der Waals surface area contributed by atoms with E-state index in [0.717, 1.165) is 17.7 Å². The van der Waals surface area contributed by atoms with E-state index in [1.54, 1.807) is 24.0 Å². The second-order valence-corrected chi connectivity index (χ2v) is 5.43. The summed E-state index contributed by atoms with van der Waals surface area (Å²) in [6, 6.07) is 13.8. The molecule has 0 saturated carbocycles. The van der Waals surface area contributed by atoms with Gasteiger partial charge in [0, 0.05) is 12.2 Å². The van der Waals surface area contributed by atoms with Crippen molar-refractivity contribution in [3.8, 4) is 5.75 Å². The number of ether oxygens (including phenoxy) is 1. The Bertz CT molecular complexity index is 756. The van der Waals surface area contributed by atoms with Crippen LogP contribution in [0.15, 0.2) is 48.5 Å². The number of benzene rings is 2. The van der Waals surface area contributed by atoms with Crippen molar-refractivity contribution in [2.45, 2.75) is 19.4 Å². The van der Waals surface area contributed by atoms with Gasteiger partial charge in [-0.15, -0.1) is 0 Å². The third kappa shape index (κ3) is 2.90. The van der Waals surface area contributed by atoms with E-state index < -0.39 is 12.1 Å². The molecule has 0 bridgehead atoms. The number of aromatic hydroxyl groups is 1. The summed E-state index contributed by atoms with van der Waals surface area (Å²) in [5, 5.41) is 9.68. The highest BCUT2D eigenvalue weighted by molar-refractivity contribution is 6.00. The van der Waals surface area contributed by atoms with Gasteiger partial charge in [-0.25, -0.2) is 4.79 Å². The summed E-state index contributed by atoms with van der Waals surface area (Å²) in [6.45, 7) is 2.12. The van der Waals surface area contributed by atoms with Crippen molar-refractivity contribution < 1.29 is 19.4 Å². The lowest BCUT2D eigenvalue weighted by atomic mass is 10.2. The minimum Gasteiger partial charge on any atom is -0.507 e. The minimum atomic E-state index is -0.923. The maximum Gasteiger partial charge on any atom is 0.342 e. The van der Waals surface area contributed by atoms with Crippen LogP contribution >= 0.6 is 0 Å². The molecule has 3 rings (SSSR count). The van der Waals surface area contributed by atoms with E-state index in [1.165, 1.54) is 12.1 Å². The highest BCUT2D eigenvalue weighted by atomic mass is 16.5. The monoisotopic (exact) mass is 311 g/mol. The van der Waals surface area contributed by atoms with Crippen LogP contribution in [0.3, 0.4) is 0 Å². The fourth-order valence-electron chi connectivity index (χ4n) is 2.71. The van der Waals surface area contributed by atoms with Crippen LogP contribution in [0.4, 0.5) is 5.69 Å². The summed E-state index contributed by atoms with van der Waals surface area (Å²) in [5.41, 5.74) is 2.03. The first-order valence-electron chi connectivity index (χ1n) is 7.46. The lowest BCUT2D eigenvalue weighted by Gasteiger charge is -2.21. The molecule has 5 nitrogen and oxygen atoms in total. The molecule has 118 valence electrons. The minimum absolute atomic E-state index is 0.0500. The highest BCUT2D eigenvalue weighted by Crippen LogP contribution is 2.28. The number of rotatable bonds is 3. The Hall–Kier alpha value is -2.82. The number of hydrogen-bond donors (Lipinski definition) is 1. The fourth-order valence-corrected chi connectivity index (χ4v) is 2.71. The molecule has 5 heteroatoms. The quantitative estimate of drug-likeness (QED) is 0.885. The number of para-hydroxylation sites is 2. The van der Waals surface area contributed by atoms with E-state index in [4.69, 9.17) is 4.74 Å². The van der Waals surface area contributed by atoms with Gasteiger partial charge in [0.25, 0.3) is 5.91 Å². The number of anilines is 1. The lowest BCUT2D eigenvalue weighted by molar-refractivity contribution is -0.126. The van der Waals surface area contributed by atoms with Gasteiger partial charge in [0.05, 0.1) is 0 Å². The summed E-state index contributed by atoms with van der Waals surface area (Å²) < 4.78 is 5.22. The van der Waals surface area contributed by atoms with Gasteiger partial charge in [0.1, 0.15) is 11.3 Å². The predicted octanol–water partition coefficient (Wildman–Crippen LogP) is 2.53. The number of hydrogen-bond acceptors (Lipinski definition) is 4. The highest BCUT2D eigenvalue weighted by Gasteiger charge is 2.30. The van der Waals surface area contributed by atoms with Crippen molar-refractivity contribution in [3.05, 3.63) is 59.7 Å². The molecule has 0 fully saturated rings. The molecule has 1 amide bonds. The van der Waals surface area contributed by atoms with Gasteiger partial charge in [0.2, 0.25) is 0 Å². The van der Waals surface area contributed by atoms with Gasteiger partial charge in [-0.2, -0.15) is 0 Å². The van der Waals surface area contributed by atoms with Gasteiger partial charge in [0.15, 0.2) is 6.10 Å². The van der Waals surface area contributed by atoms with E-state index in [9.17, 15) is 14.7 Å². The number of nitrogens with zero attached hydrogens (tertiary/aromatic N) is 1. The molecule has 0 aliphatic carbocycles. The molecule has 1 heterocycles. The van der Waals surface area contributed by atoms with E-state index in [1.807, 2.05) is 24.3 Å². The summed E-state index contributed by atoms with van der Waals surface area (Å²) in [5.74, 6) is -1.14. The molecule has 2 aromatic carbocycles. The van der Waals surface area contributed by atoms with Crippen molar-refractivity contribution in [1.29, 1.82) is 0 Å². The SMILES string of the molecule is CC(OC(=O)c1ccccc1O)C(=O)N1CCc2ccccc21. The Morgan fingerprint density at radius 2 is 1.83 bits per heavy atom. The second kappa shape index (κ2) is 6.12. The number of carbonyl (C=O) groups is 2. The summed E-state index contributed by atoms with van der Waals surface area (Å²) in [6.07, 6.45) is -0.129. The second-order valence-electron chi connectivity index (χ2n) is 5.43. The molecular weight excluding hydrogens is 294 g/mol. The molecule has 23 heavy (non-hydrogen) atoms. The molecule has 2 aromatic rings. The molecule has 0 radical (unpaired) electrons. The Labute approximate surface area is 134 Å². The van der Waals surface area contributed by atoms with Crippen LogP contribution in [-0.4, -0.2) is 29.6 Å². The summed E-state index contributed by atoms with van der Waals surface area (Å²) >= 11 is 0. The zero-order valence-electron chi connectivity index (χ0n) is 12.7. The number of esters is 1. The average Bonchev–Trinajstić information content (AvgIpc) is 2.98. The first-order valence-corrected chi connectivity index (χ1v) is 7.46. The van der Waals surface area contributed by atoms with Crippen molar-refractivity contribution in [3.63, 3.8) is 0 Å². The van der Waals surface area contributed by atoms with Gasteiger partial charge in [-0.05, 0) is 37.1 Å². The number of phenolic OH excluding ortho intramolecular Hbond substituents is 1. The van der Waals surface area contributed by atoms with Gasteiger partial charge >= 0.3 is 5.97 Å². The topological polar surface area (TPSA) is 66.8 Å². The maximum absolute atomic E-state index is 12.5. The number of fused-ring (bicyclic) bond motifs is 1. The molecular formula is C18H17NO4. The van der Waals surface area contributed by atoms with Crippen molar-refractivity contribution in [1.82, 2.24) is 0 Å². The summed E-state index contributed by atoms with van der Waals surface area (Å²) in [4.78, 5) is 26.3. The molecule has 1 aliphatic rings. The Balaban J connectivity index is 1.72. The first-order chi connectivity index (χ1) is 11.1. The molecule has 0 aromatic heterocycles. The van der Waals surface area contributed by atoms with Crippen LogP contribution in [0.1, 0.15) is 22.8 Å². The van der Waals surface area contributed by atoms with Gasteiger partial charge < -0.3 is 14.7 Å². The molecule has 1 N–H and O–H groups in total. The normalized spacial score (nSPS) is 14.2. The number of phenols is 1. The Morgan fingerprint density at radius 3 is 2.61 bits per heavy atom. The maximum atomic E-state index is 12.5. The predicted molar refractivity (Wildman–Crippen MR) is 85.5 cm³/mol. The van der Waals surface area contributed by atoms with Crippen LogP contribution in [-0.2, 0) is 16.0 Å². The molecule has 1 atom stereocenters. The zero-order chi connectivity index (χ0) is 16.4. The van der Waals surface area contributed by atoms with Crippen LogP contribution < -0.4 is 4.90 Å². The first kappa shape index (κ1) is 15.1. The van der Waals surface area contributed by atoms with E-state index in [-0.39, 0.29) is 17.2 Å². The van der Waals surface area contributed by atoms with Crippen molar-refractivity contribution in [2.75, 3.05) is 11.4 Å². The van der Waals surface area contributed by atoms with Crippen LogP contribution in [0.25, 0.3) is 0 Å². The van der Waals surface area contributed by atoms with Gasteiger partial charge in [-0.1, -0.05) is 30.3 Å². The van der Waals surface area contributed by atoms with E-state index in [0.29, 0.717) is 6.54 Å². The molecule has 1 unspecified atom stereocenters. The Morgan fingerprint density at radius 1 is 1.13 bits per heavy atom. The molecule has 0 spiro atoms. The van der Waals surface area contributed by atoms with Crippen LogP contribution in [0, 0.1) is 0 Å². The summed E-state index contributed by atoms with van der Waals surface area (Å²) in [7, 11) is 0. The van der Waals surface area contributed by atoms with Crippen molar-refractivity contribution >= 4 is 17.6 Å². The van der Waals surface area contributed by atoms with Crippen LogP contribution in [0.2, 0.25) is 0 Å². The number of amides is 1. The third-order valence-corrected chi connectivity index (χ3v) is 3.91. The average molecular weight is 311 g/mol. The lowest BCUT2D eigenvalue weighted by Crippen LogP contribution is -2.39.